The van der Waals surface area contributed by atoms with E-state index in [2.05, 4.69) is 34.2 Å². The van der Waals surface area contributed by atoms with Gasteiger partial charge in [0.2, 0.25) is 5.91 Å². The van der Waals surface area contributed by atoms with Crippen LogP contribution in [0.1, 0.15) is 30.5 Å². The van der Waals surface area contributed by atoms with Crippen LogP contribution in [0.5, 0.6) is 0 Å². The maximum atomic E-state index is 12.3. The summed E-state index contributed by atoms with van der Waals surface area (Å²) in [6.07, 6.45) is 3.62. The van der Waals surface area contributed by atoms with Crippen molar-refractivity contribution in [2.75, 3.05) is 24.5 Å². The molecule has 6 nitrogen and oxygen atoms in total. The van der Waals surface area contributed by atoms with Crippen LogP contribution in [-0.2, 0) is 18.4 Å². The van der Waals surface area contributed by atoms with E-state index in [0.717, 1.165) is 29.5 Å². The first kappa shape index (κ1) is 15.2. The summed E-state index contributed by atoms with van der Waals surface area (Å²) >= 11 is 1.70. The van der Waals surface area contributed by atoms with E-state index in [1.807, 2.05) is 18.1 Å². The van der Waals surface area contributed by atoms with Crippen molar-refractivity contribution < 1.29 is 4.79 Å². The first-order valence-electron chi connectivity index (χ1n) is 7.48. The fourth-order valence-electron chi connectivity index (χ4n) is 2.57. The van der Waals surface area contributed by atoms with Crippen LogP contribution in [0.25, 0.3) is 0 Å². The van der Waals surface area contributed by atoms with Crippen molar-refractivity contribution in [1.29, 1.82) is 0 Å². The molecule has 3 heterocycles. The first-order valence-corrected chi connectivity index (χ1v) is 8.36. The molecule has 1 fully saturated rings. The van der Waals surface area contributed by atoms with E-state index in [1.54, 1.807) is 22.2 Å². The summed E-state index contributed by atoms with van der Waals surface area (Å²) in [5.74, 6) is 0.585. The van der Waals surface area contributed by atoms with Crippen LogP contribution in [0, 0.1) is 0 Å². The number of carbonyl (C=O) groups excluding carboxylic acids is 1. The molecule has 3 rings (SSSR count). The van der Waals surface area contributed by atoms with Crippen molar-refractivity contribution in [2.24, 2.45) is 7.05 Å². The molecule has 0 aliphatic carbocycles. The van der Waals surface area contributed by atoms with Crippen LogP contribution >= 0.6 is 11.3 Å². The highest BCUT2D eigenvalue weighted by atomic mass is 32.1. The van der Waals surface area contributed by atoms with Crippen molar-refractivity contribution in [3.63, 3.8) is 0 Å². The van der Waals surface area contributed by atoms with Gasteiger partial charge in [-0.05, 0) is 0 Å². The molecule has 22 heavy (non-hydrogen) atoms. The van der Waals surface area contributed by atoms with Gasteiger partial charge in [-0.2, -0.15) is 5.10 Å². The fraction of sp³-hybridized carbons (Fsp3) is 0.533. The van der Waals surface area contributed by atoms with Crippen LogP contribution in [-0.4, -0.2) is 45.2 Å². The molecule has 1 aliphatic heterocycles. The molecule has 1 amide bonds. The monoisotopic (exact) mass is 319 g/mol. The molecule has 0 aromatic carbocycles. The normalized spacial score (nSPS) is 16.7. The second-order valence-corrected chi connectivity index (χ2v) is 6.85. The van der Waals surface area contributed by atoms with Crippen LogP contribution in [0.3, 0.4) is 0 Å². The second-order valence-electron chi connectivity index (χ2n) is 5.96. The minimum Gasteiger partial charge on any atom is -0.307 e. The van der Waals surface area contributed by atoms with E-state index < -0.39 is 0 Å². The summed E-state index contributed by atoms with van der Waals surface area (Å²) in [6.45, 7) is 7.04. The molecule has 1 saturated heterocycles. The number of carbonyl (C=O) groups is 1. The third-order valence-corrected chi connectivity index (χ3v) is 4.95. The highest BCUT2D eigenvalue weighted by Crippen LogP contribution is 2.21. The Hall–Kier alpha value is -1.73. The largest absolute Gasteiger partial charge is 0.307 e. The van der Waals surface area contributed by atoms with Gasteiger partial charge in [0.05, 0.1) is 29.1 Å². The molecule has 0 saturated carbocycles. The summed E-state index contributed by atoms with van der Waals surface area (Å²) in [7, 11) is 1.86. The van der Waals surface area contributed by atoms with Gasteiger partial charge in [-0.1, -0.05) is 13.8 Å². The Kier molecular flexibility index (Phi) is 4.26. The highest BCUT2D eigenvalue weighted by molar-refractivity contribution is 7.09. The average molecular weight is 319 g/mol. The molecule has 1 aliphatic rings. The molecular weight excluding hydrogens is 298 g/mol. The summed E-state index contributed by atoms with van der Waals surface area (Å²) in [5, 5.41) is 7.40. The number of amides is 1. The minimum absolute atomic E-state index is 0.124. The Labute approximate surface area is 134 Å². The number of nitrogens with zero attached hydrogens (tertiary/aromatic N) is 5. The fourth-order valence-corrected chi connectivity index (χ4v) is 3.39. The van der Waals surface area contributed by atoms with Gasteiger partial charge < -0.3 is 4.90 Å². The van der Waals surface area contributed by atoms with E-state index in [-0.39, 0.29) is 5.91 Å². The molecule has 118 valence electrons. The average Bonchev–Trinajstić information content (AvgIpc) is 3.08. The van der Waals surface area contributed by atoms with Crippen molar-refractivity contribution in [1.82, 2.24) is 19.7 Å². The van der Waals surface area contributed by atoms with Crippen molar-refractivity contribution in [3.8, 4) is 0 Å². The first-order chi connectivity index (χ1) is 10.5. The predicted octanol–water partition coefficient (Wildman–Crippen LogP) is 1.85. The Morgan fingerprint density at radius 3 is 2.77 bits per heavy atom. The molecule has 2 aromatic rings. The lowest BCUT2D eigenvalue weighted by molar-refractivity contribution is -0.121. The minimum atomic E-state index is 0.124. The lowest BCUT2D eigenvalue weighted by atomic mass is 10.2. The van der Waals surface area contributed by atoms with Crippen LogP contribution < -0.4 is 4.90 Å². The van der Waals surface area contributed by atoms with Gasteiger partial charge in [-0.25, -0.2) is 4.98 Å². The third kappa shape index (κ3) is 3.20. The van der Waals surface area contributed by atoms with Crippen LogP contribution in [0.2, 0.25) is 0 Å². The zero-order valence-electron chi connectivity index (χ0n) is 13.2. The Bertz CT molecular complexity index is 662. The number of aromatic nitrogens is 3. The number of hydrogen-bond acceptors (Lipinski definition) is 5. The number of aryl methyl sites for hydroxylation is 1. The van der Waals surface area contributed by atoms with E-state index in [1.165, 1.54) is 0 Å². The van der Waals surface area contributed by atoms with Crippen LogP contribution in [0.4, 0.5) is 5.69 Å². The Morgan fingerprint density at radius 2 is 2.18 bits per heavy atom. The zero-order chi connectivity index (χ0) is 15.7. The second kappa shape index (κ2) is 6.18. The van der Waals surface area contributed by atoms with Gasteiger partial charge in [-0.15, -0.1) is 11.3 Å². The maximum absolute atomic E-state index is 12.3. The van der Waals surface area contributed by atoms with E-state index in [0.29, 0.717) is 19.0 Å². The van der Waals surface area contributed by atoms with Gasteiger partial charge in [0, 0.05) is 44.2 Å². The number of anilines is 1. The van der Waals surface area contributed by atoms with Crippen molar-refractivity contribution >= 4 is 22.9 Å². The van der Waals surface area contributed by atoms with Crippen molar-refractivity contribution in [3.05, 3.63) is 28.5 Å². The maximum Gasteiger partial charge on any atom is 0.241 e. The lowest BCUT2D eigenvalue weighted by Crippen LogP contribution is -2.50. The molecule has 0 unspecified atom stereocenters. The third-order valence-electron chi connectivity index (χ3n) is 3.75. The highest BCUT2D eigenvalue weighted by Gasteiger charge is 2.26. The SMILES string of the molecule is CC(C)c1nc(CN2CCN(c3cnn(C)c3)C(=O)C2)cs1. The number of piperazine rings is 1. The smallest absolute Gasteiger partial charge is 0.241 e. The van der Waals surface area contributed by atoms with Gasteiger partial charge in [0.15, 0.2) is 0 Å². The lowest BCUT2D eigenvalue weighted by Gasteiger charge is -2.33. The molecule has 0 spiro atoms. The van der Waals surface area contributed by atoms with Gasteiger partial charge in [0.25, 0.3) is 0 Å². The Balaban J connectivity index is 1.61. The molecule has 0 radical (unpaired) electrons. The molecule has 2 aromatic heterocycles. The summed E-state index contributed by atoms with van der Waals surface area (Å²) in [4.78, 5) is 21.0. The Morgan fingerprint density at radius 1 is 1.36 bits per heavy atom. The number of hydrogen-bond donors (Lipinski definition) is 0. The van der Waals surface area contributed by atoms with E-state index in [9.17, 15) is 4.79 Å². The zero-order valence-corrected chi connectivity index (χ0v) is 14.0. The summed E-state index contributed by atoms with van der Waals surface area (Å²) in [6, 6.07) is 0. The van der Waals surface area contributed by atoms with Crippen molar-refractivity contribution in [2.45, 2.75) is 26.3 Å². The van der Waals surface area contributed by atoms with Gasteiger partial charge in [0.1, 0.15) is 0 Å². The van der Waals surface area contributed by atoms with E-state index in [4.69, 9.17) is 0 Å². The summed E-state index contributed by atoms with van der Waals surface area (Å²) < 4.78 is 1.72. The predicted molar refractivity (Wildman–Crippen MR) is 87.0 cm³/mol. The molecule has 0 bridgehead atoms. The molecule has 7 heteroatoms. The summed E-state index contributed by atoms with van der Waals surface area (Å²) in [5.41, 5.74) is 1.94. The van der Waals surface area contributed by atoms with Gasteiger partial charge >= 0.3 is 0 Å². The quantitative estimate of drug-likeness (QED) is 0.863. The number of thiazole rings is 1. The number of rotatable bonds is 4. The topological polar surface area (TPSA) is 54.3 Å². The van der Waals surface area contributed by atoms with Crippen LogP contribution in [0.15, 0.2) is 17.8 Å². The molecule has 0 atom stereocenters. The molecule has 0 N–H and O–H groups in total. The van der Waals surface area contributed by atoms with Gasteiger partial charge in [-0.3, -0.25) is 14.4 Å². The standard InChI is InChI=1S/C15H21N5OS/c1-11(2)15-17-12(10-22-15)7-19-4-5-20(14(21)9-19)13-6-16-18(3)8-13/h6,8,10-11H,4-5,7,9H2,1-3H3. The van der Waals surface area contributed by atoms with E-state index >= 15 is 0 Å². The molecular formula is C15H21N5OS.